The molecular formula is C75H53N7SZn. The Morgan fingerprint density at radius 1 is 0.298 bits per heavy atom. The van der Waals surface area contributed by atoms with Crippen molar-refractivity contribution in [3.63, 3.8) is 0 Å². The van der Waals surface area contributed by atoms with Crippen LogP contribution in [0.2, 0.25) is 0 Å². The van der Waals surface area contributed by atoms with Crippen molar-refractivity contribution < 1.29 is 19.5 Å². The number of rotatable bonds is 6. The van der Waals surface area contributed by atoms with Crippen LogP contribution >= 0.6 is 11.3 Å². The fraction of sp³-hybridized carbons (Fsp3) is 0.0667. The van der Waals surface area contributed by atoms with Crippen molar-refractivity contribution in [3.8, 4) is 66.8 Å². The van der Waals surface area contributed by atoms with Crippen molar-refractivity contribution in [1.29, 1.82) is 0 Å². The minimum absolute atomic E-state index is 0. The molecule has 5 aromatic carbocycles. The molecule has 396 valence electrons. The SMILES string of the molecule is Cc1ccc(-c2c3nc(c(-c4c5nc(c(-c6ccc(C)cc6)c6ccc([nH]6)c(-c6ccc(C)cc6)c6nc(c(-c7ccc(C)cc7)c7ccc4s7)C=C6)C=C5)c4ccc([n-]4)c(-c4ccc(C)cc4)c4nc(cc5ccc2[n-]5)C=C4)C=C3)cc1.[Zn+2]. The maximum absolute atomic E-state index is 5.79. The van der Waals surface area contributed by atoms with Crippen LogP contribution in [0.3, 0.4) is 0 Å². The van der Waals surface area contributed by atoms with Gasteiger partial charge in [0.2, 0.25) is 0 Å². The second-order valence-corrected chi connectivity index (χ2v) is 23.0. The molecule has 0 saturated carbocycles. The Morgan fingerprint density at radius 3 is 1.11 bits per heavy atom. The summed E-state index contributed by atoms with van der Waals surface area (Å²) in [5.74, 6) is 0. The number of aromatic amines is 1. The maximum Gasteiger partial charge on any atom is 2.00 e. The zero-order valence-corrected chi connectivity index (χ0v) is 50.9. The monoisotopic (exact) mass is 1150 g/mol. The number of aromatic nitrogens is 7. The van der Waals surface area contributed by atoms with Gasteiger partial charge in [0, 0.05) is 42.7 Å². The zero-order valence-electron chi connectivity index (χ0n) is 47.2. The normalized spacial score (nSPS) is 12.3. The number of benzene rings is 5. The van der Waals surface area contributed by atoms with E-state index in [1.54, 1.807) is 11.3 Å². The van der Waals surface area contributed by atoms with Gasteiger partial charge in [-0.1, -0.05) is 179 Å². The second-order valence-electron chi connectivity index (χ2n) is 21.9. The first-order valence-electron chi connectivity index (χ1n) is 28.1. The van der Waals surface area contributed by atoms with Crippen LogP contribution in [0.5, 0.6) is 0 Å². The Morgan fingerprint density at radius 2 is 0.631 bits per heavy atom. The van der Waals surface area contributed by atoms with Crippen molar-refractivity contribution in [3.05, 3.63) is 249 Å². The average Bonchev–Trinajstić information content (AvgIpc) is 3.93. The number of fused-ring (bicyclic) bond motifs is 16. The predicted octanol–water partition coefficient (Wildman–Crippen LogP) is 19.2. The fourth-order valence-electron chi connectivity index (χ4n) is 11.7. The van der Waals surface area contributed by atoms with Gasteiger partial charge < -0.3 is 15.0 Å². The average molecular weight is 1150 g/mol. The molecule has 0 amide bonds. The van der Waals surface area contributed by atoms with Gasteiger partial charge in [0.1, 0.15) is 0 Å². The van der Waals surface area contributed by atoms with Gasteiger partial charge in [0.05, 0.1) is 45.6 Å². The number of thiophene rings is 1. The molecule has 15 rings (SSSR count). The smallest absolute Gasteiger partial charge is 0.657 e. The van der Waals surface area contributed by atoms with Crippen molar-refractivity contribution >= 4 is 102 Å². The fourth-order valence-corrected chi connectivity index (χ4v) is 12.9. The van der Waals surface area contributed by atoms with Gasteiger partial charge in [0.25, 0.3) is 0 Å². The first-order chi connectivity index (χ1) is 40.6. The van der Waals surface area contributed by atoms with Gasteiger partial charge in [-0.2, -0.15) is 0 Å². The van der Waals surface area contributed by atoms with Crippen LogP contribution in [0.25, 0.3) is 158 Å². The predicted molar refractivity (Wildman–Crippen MR) is 349 cm³/mol. The van der Waals surface area contributed by atoms with Crippen molar-refractivity contribution in [2.24, 2.45) is 0 Å². The van der Waals surface area contributed by atoms with Crippen molar-refractivity contribution in [2.45, 2.75) is 34.6 Å². The van der Waals surface area contributed by atoms with Gasteiger partial charge in [-0.15, -0.1) is 33.4 Å². The molecule has 0 unspecified atom stereocenters. The van der Waals surface area contributed by atoms with E-state index < -0.39 is 0 Å². The third-order valence-corrected chi connectivity index (χ3v) is 17.1. The van der Waals surface area contributed by atoms with E-state index in [1.807, 2.05) is 6.07 Å². The topological polar surface area (TPSA) is 95.6 Å². The number of hydrogen-bond acceptors (Lipinski definition) is 5. The van der Waals surface area contributed by atoms with E-state index in [-0.39, 0.29) is 19.5 Å². The van der Waals surface area contributed by atoms with Crippen LogP contribution in [-0.2, 0) is 19.5 Å². The summed E-state index contributed by atoms with van der Waals surface area (Å²) in [5, 5.41) is 0. The number of hydrogen-bond donors (Lipinski definition) is 1. The maximum atomic E-state index is 5.79. The summed E-state index contributed by atoms with van der Waals surface area (Å²) in [7, 11) is 0. The van der Waals surface area contributed by atoms with Gasteiger partial charge in [-0.05, 0) is 152 Å². The molecule has 11 aromatic rings. The van der Waals surface area contributed by atoms with Crippen molar-refractivity contribution in [2.75, 3.05) is 0 Å². The van der Waals surface area contributed by atoms with Crippen LogP contribution in [-0.4, -0.2) is 24.9 Å². The van der Waals surface area contributed by atoms with Crippen LogP contribution in [0.1, 0.15) is 73.4 Å². The van der Waals surface area contributed by atoms with E-state index in [0.29, 0.717) is 0 Å². The summed E-state index contributed by atoms with van der Waals surface area (Å²) in [6.45, 7) is 10.6. The number of H-pyrrole nitrogens is 1. The van der Waals surface area contributed by atoms with E-state index in [0.717, 1.165) is 155 Å². The van der Waals surface area contributed by atoms with E-state index >= 15 is 0 Å². The molecule has 0 atom stereocenters. The molecule has 16 bridgehead atoms. The van der Waals surface area contributed by atoms with E-state index in [4.69, 9.17) is 29.9 Å². The molecule has 9 heteroatoms. The molecule has 6 aromatic heterocycles. The van der Waals surface area contributed by atoms with Gasteiger partial charge >= 0.3 is 19.5 Å². The van der Waals surface area contributed by atoms with Gasteiger partial charge in [0.15, 0.2) is 0 Å². The molecule has 0 aliphatic carbocycles. The first-order valence-corrected chi connectivity index (χ1v) is 28.9. The largest absolute Gasteiger partial charge is 2.00 e. The Balaban J connectivity index is 0.00000627. The number of nitrogens with zero attached hydrogens (tertiary/aromatic N) is 6. The first kappa shape index (κ1) is 52.4. The second kappa shape index (κ2) is 21.3. The molecule has 0 fully saturated rings. The van der Waals surface area contributed by atoms with Crippen molar-refractivity contribution in [1.82, 2.24) is 34.9 Å². The Hall–Kier alpha value is -9.66. The summed E-state index contributed by atoms with van der Waals surface area (Å²) in [6, 6.07) is 62.9. The van der Waals surface area contributed by atoms with E-state index in [1.165, 1.54) is 27.8 Å². The quantitative estimate of drug-likeness (QED) is 0.167. The minimum Gasteiger partial charge on any atom is -0.657 e. The molecule has 10 heterocycles. The minimum atomic E-state index is 0. The van der Waals surface area contributed by atoms with Crippen LogP contribution in [0.4, 0.5) is 0 Å². The van der Waals surface area contributed by atoms with Crippen LogP contribution in [0, 0.1) is 34.6 Å². The Labute approximate surface area is 504 Å². The van der Waals surface area contributed by atoms with Crippen LogP contribution < -0.4 is 9.97 Å². The molecule has 0 saturated heterocycles. The summed E-state index contributed by atoms with van der Waals surface area (Å²) in [4.78, 5) is 37.3. The number of nitrogens with one attached hydrogen (secondary N) is 1. The summed E-state index contributed by atoms with van der Waals surface area (Å²) < 4.78 is 2.07. The molecule has 7 nitrogen and oxygen atoms in total. The van der Waals surface area contributed by atoms with E-state index in [2.05, 4.69) is 258 Å². The molecular weight excluding hydrogens is 1100 g/mol. The Kier molecular flexibility index (Phi) is 13.3. The van der Waals surface area contributed by atoms with Gasteiger partial charge in [-0.25, -0.2) is 19.9 Å². The molecule has 0 spiro atoms. The molecule has 84 heavy (non-hydrogen) atoms. The number of aryl methyl sites for hydroxylation is 5. The Bertz CT molecular complexity index is 4880. The van der Waals surface area contributed by atoms with Gasteiger partial charge in [-0.3, -0.25) is 0 Å². The summed E-state index contributed by atoms with van der Waals surface area (Å²) in [5.41, 5.74) is 29.5. The third kappa shape index (κ3) is 9.55. The molecule has 0 radical (unpaired) electrons. The summed E-state index contributed by atoms with van der Waals surface area (Å²) in [6.07, 6.45) is 17.1. The van der Waals surface area contributed by atoms with E-state index in [9.17, 15) is 0 Å². The zero-order chi connectivity index (χ0) is 55.9. The standard InChI is InChI=1S/C75H53N7S.Zn/c1-43-6-16-48(17-7-43)69-55-28-26-53(76-55)42-54-27-29-56(77-54)70(49-18-8-44(2)9-19-49)58-34-38-65(81-58)74(64-37-33-57(69)80-64)75-66-39-35-62(82-66)72(51-22-12-46(4)13-23-51)60-31-30-59(78-60)71(50-20-10-45(3)11-21-50)61-32-36-63(79-61)73(67-40-41-68(75)83-67)52-24-14-47(5)15-25-52;/h6-42,78H,1-5H3;/q-2;+2. The molecule has 4 aliphatic heterocycles. The third-order valence-electron chi connectivity index (χ3n) is 16.0. The molecule has 1 N–H and O–H groups in total. The van der Waals surface area contributed by atoms with Crippen LogP contribution in [0.15, 0.2) is 176 Å². The summed E-state index contributed by atoms with van der Waals surface area (Å²) >= 11 is 1.73. The molecule has 4 aliphatic rings.